The van der Waals surface area contributed by atoms with Crippen LogP contribution in [0.15, 0.2) is 89.8 Å². The quantitative estimate of drug-likeness (QED) is 0.173. The molecule has 1 heterocycles. The van der Waals surface area contributed by atoms with Crippen LogP contribution in [0.2, 0.25) is 0 Å². The summed E-state index contributed by atoms with van der Waals surface area (Å²) in [6, 6.07) is 0. The summed E-state index contributed by atoms with van der Waals surface area (Å²) < 4.78 is 0. The van der Waals surface area contributed by atoms with Crippen molar-refractivity contribution in [3.63, 3.8) is 0 Å². The van der Waals surface area contributed by atoms with Crippen molar-refractivity contribution in [2.45, 2.75) is 65.2 Å². The minimum absolute atomic E-state index is 0.0331. The maximum absolute atomic E-state index is 12.1. The fourth-order valence-corrected chi connectivity index (χ4v) is 3.57. The van der Waals surface area contributed by atoms with Gasteiger partial charge in [-0.05, 0) is 58.9 Å². The summed E-state index contributed by atoms with van der Waals surface area (Å²) in [6.45, 7) is 6.07. The third-order valence-corrected chi connectivity index (χ3v) is 6.09. The van der Waals surface area contributed by atoms with Crippen molar-refractivity contribution in [2.24, 2.45) is 4.99 Å². The first kappa shape index (κ1) is 35.5. The van der Waals surface area contributed by atoms with Crippen molar-refractivity contribution in [3.05, 3.63) is 90.0 Å². The highest BCUT2D eigenvalue weighted by Gasteiger charge is 2.14. The van der Waals surface area contributed by atoms with Crippen LogP contribution in [-0.4, -0.2) is 67.3 Å². The molecule has 226 valence electrons. The number of nitrogens with zero attached hydrogens (tertiary/aromatic N) is 3. The van der Waals surface area contributed by atoms with Gasteiger partial charge in [-0.3, -0.25) is 14.6 Å². The first-order valence-corrected chi connectivity index (χ1v) is 14.8. The highest BCUT2D eigenvalue weighted by molar-refractivity contribution is 6.40. The predicted molar refractivity (Wildman–Crippen MR) is 172 cm³/mol. The highest BCUT2D eigenvalue weighted by Crippen LogP contribution is 2.07. The van der Waals surface area contributed by atoms with Gasteiger partial charge in [-0.15, -0.1) is 0 Å². The lowest BCUT2D eigenvalue weighted by Gasteiger charge is -2.33. The minimum Gasteiger partial charge on any atom is -0.758 e. The van der Waals surface area contributed by atoms with Gasteiger partial charge in [0.2, 0.25) is 5.91 Å². The van der Waals surface area contributed by atoms with E-state index in [0.717, 1.165) is 50.0 Å². The maximum Gasteiger partial charge on any atom is 0.267 e. The van der Waals surface area contributed by atoms with Crippen molar-refractivity contribution in [1.29, 1.82) is 0 Å². The first-order valence-electron chi connectivity index (χ1n) is 14.8. The number of carbonyl (C=O) groups excluding carboxylic acids is 2. The van der Waals surface area contributed by atoms with Crippen molar-refractivity contribution >= 4 is 17.5 Å². The van der Waals surface area contributed by atoms with E-state index in [4.69, 9.17) is 0 Å². The van der Waals surface area contributed by atoms with Gasteiger partial charge >= 0.3 is 0 Å². The van der Waals surface area contributed by atoms with E-state index < -0.39 is 0 Å². The van der Waals surface area contributed by atoms with E-state index in [1.807, 2.05) is 18.0 Å². The second-order valence-electron chi connectivity index (χ2n) is 9.75. The van der Waals surface area contributed by atoms with E-state index in [9.17, 15) is 14.8 Å². The summed E-state index contributed by atoms with van der Waals surface area (Å²) in [4.78, 5) is 30.2. The molecule has 0 spiro atoms. The van der Waals surface area contributed by atoms with Gasteiger partial charge in [0.15, 0.2) is 0 Å². The Balaban J connectivity index is 1.99. The molecule has 8 nitrogen and oxygen atoms in total. The molecule has 0 radical (unpaired) electrons. The Hall–Kier alpha value is -3.49. The zero-order valence-electron chi connectivity index (χ0n) is 25.3. The van der Waals surface area contributed by atoms with Crippen LogP contribution < -0.4 is 10.6 Å². The van der Waals surface area contributed by atoms with Crippen LogP contribution in [0.4, 0.5) is 0 Å². The lowest BCUT2D eigenvalue weighted by Crippen LogP contribution is -2.42. The lowest BCUT2D eigenvalue weighted by atomic mass is 10.2. The smallest absolute Gasteiger partial charge is 0.267 e. The normalized spacial score (nSPS) is 14.5. The summed E-state index contributed by atoms with van der Waals surface area (Å²) >= 11 is 0. The molecule has 0 saturated heterocycles. The van der Waals surface area contributed by atoms with Gasteiger partial charge in [0.05, 0.1) is 6.54 Å². The van der Waals surface area contributed by atoms with Gasteiger partial charge in [0.1, 0.15) is 5.71 Å². The van der Waals surface area contributed by atoms with Crippen LogP contribution in [0.5, 0.6) is 0 Å². The van der Waals surface area contributed by atoms with Gasteiger partial charge in [-0.2, -0.15) is 0 Å². The Labute approximate surface area is 247 Å². The summed E-state index contributed by atoms with van der Waals surface area (Å²) in [5.74, 6) is -0.294. The topological polar surface area (TPSA) is 100 Å². The second kappa shape index (κ2) is 24.3. The zero-order chi connectivity index (χ0) is 30.0. The molecule has 2 N–H and O–H groups in total. The van der Waals surface area contributed by atoms with E-state index in [2.05, 4.69) is 89.4 Å². The lowest BCUT2D eigenvalue weighted by molar-refractivity contribution is -0.121. The number of allylic oxidation sites excluding steroid dienone is 13. The summed E-state index contributed by atoms with van der Waals surface area (Å²) in [5.41, 5.74) is 0.702. The molecule has 0 aromatic heterocycles. The van der Waals surface area contributed by atoms with Crippen molar-refractivity contribution < 1.29 is 9.59 Å². The van der Waals surface area contributed by atoms with E-state index in [0.29, 0.717) is 38.3 Å². The van der Waals surface area contributed by atoms with E-state index in [-0.39, 0.29) is 24.1 Å². The van der Waals surface area contributed by atoms with Crippen LogP contribution in [0, 0.1) is 5.21 Å². The number of hydrogen-bond donors (Lipinski definition) is 2. The molecule has 41 heavy (non-hydrogen) atoms. The fourth-order valence-electron chi connectivity index (χ4n) is 3.57. The van der Waals surface area contributed by atoms with Gasteiger partial charge < -0.3 is 25.8 Å². The Kier molecular flexibility index (Phi) is 21.1. The Morgan fingerprint density at radius 2 is 1.34 bits per heavy atom. The molecule has 0 aromatic carbocycles. The van der Waals surface area contributed by atoms with Gasteiger partial charge in [-0.25, -0.2) is 0 Å². The summed E-state index contributed by atoms with van der Waals surface area (Å²) in [5, 5.41) is 18.1. The molecule has 8 heteroatoms. The average Bonchev–Trinajstić information content (AvgIpc) is 2.95. The first-order chi connectivity index (χ1) is 19.9. The Morgan fingerprint density at radius 1 is 0.854 bits per heavy atom. The number of hydroxylamine groups is 2. The summed E-state index contributed by atoms with van der Waals surface area (Å²) in [6.07, 6.45) is 34.5. The number of nitrogens with one attached hydrogen (secondary N) is 2. The zero-order valence-corrected chi connectivity index (χ0v) is 25.3. The number of amides is 2. The van der Waals surface area contributed by atoms with Crippen LogP contribution in [0.25, 0.3) is 0 Å². The predicted octanol–water partition coefficient (Wildman–Crippen LogP) is 5.74. The standard InChI is InChI=1S/C33H50N5O3/c1-4-5-6-7-8-9-10-11-12-13-14-15-16-17-18-19-20-21-22-23-32(39)34-24-26-37(3)27-25-35-33(40)31-29-38(41)30(2)28-36-31/h5-6,8-9,11-12,14-15,17-18,20-21,28H,4,7,10,13,16,19,22-27,29H2,1-3H3,(H,34,39)(H,35,40)/q-1/b6-5-,9-8-,12-11-,15-14-,18-17-,21-20-. The Morgan fingerprint density at radius 3 is 1.85 bits per heavy atom. The Bertz CT molecular complexity index is 989. The van der Waals surface area contributed by atoms with Crippen LogP contribution in [0.3, 0.4) is 0 Å². The third kappa shape index (κ3) is 20.1. The second-order valence-corrected chi connectivity index (χ2v) is 9.75. The molecule has 0 fully saturated rings. The molecule has 1 rings (SSSR count). The molecule has 0 unspecified atom stereocenters. The number of carbonyl (C=O) groups is 2. The molecule has 1 aliphatic heterocycles. The van der Waals surface area contributed by atoms with E-state index in [1.54, 1.807) is 6.92 Å². The molecular formula is C33H50N5O3-. The van der Waals surface area contributed by atoms with Crippen LogP contribution in [-0.2, 0) is 9.59 Å². The minimum atomic E-state index is -0.328. The maximum atomic E-state index is 12.1. The fraction of sp³-hybridized carbons (Fsp3) is 0.485. The van der Waals surface area contributed by atoms with Crippen LogP contribution >= 0.6 is 0 Å². The molecule has 0 aliphatic carbocycles. The van der Waals surface area contributed by atoms with E-state index >= 15 is 0 Å². The molecule has 0 aromatic rings. The molecule has 0 atom stereocenters. The molecule has 0 saturated carbocycles. The highest BCUT2D eigenvalue weighted by atomic mass is 16.5. The molecule has 2 amide bonds. The van der Waals surface area contributed by atoms with Gasteiger partial charge in [-0.1, -0.05) is 79.8 Å². The number of hydrogen-bond acceptors (Lipinski definition) is 6. The number of rotatable bonds is 21. The average molecular weight is 565 g/mol. The number of aliphatic imine (C=N–C) groups is 1. The van der Waals surface area contributed by atoms with Crippen molar-refractivity contribution in [3.8, 4) is 0 Å². The SMILES string of the molecule is CC/C=C\C/C=C\C/C=C\C/C=C\C/C=C\C/C=C\CCC(=O)NCCN(C)CCNC(=O)C1=NC=C(C)N([O-])C1. The molecular weight excluding hydrogens is 514 g/mol. The van der Waals surface area contributed by atoms with Gasteiger partial charge in [0, 0.05) is 44.5 Å². The van der Waals surface area contributed by atoms with Crippen molar-refractivity contribution in [2.75, 3.05) is 39.8 Å². The van der Waals surface area contributed by atoms with Crippen molar-refractivity contribution in [1.82, 2.24) is 20.6 Å². The van der Waals surface area contributed by atoms with Gasteiger partial charge in [0.25, 0.3) is 5.91 Å². The monoisotopic (exact) mass is 564 g/mol. The third-order valence-electron chi connectivity index (χ3n) is 6.09. The number of likely N-dealkylation sites (N-methyl/N-ethyl adjacent to an activating group) is 1. The molecule has 0 bridgehead atoms. The molecule has 1 aliphatic rings. The largest absolute Gasteiger partial charge is 0.758 e. The summed E-state index contributed by atoms with van der Waals surface area (Å²) in [7, 11) is 1.93. The van der Waals surface area contributed by atoms with E-state index in [1.165, 1.54) is 6.20 Å². The van der Waals surface area contributed by atoms with Crippen LogP contribution in [0.1, 0.15) is 65.2 Å².